The highest BCUT2D eigenvalue weighted by Crippen LogP contribution is 2.20. The van der Waals surface area contributed by atoms with Crippen LogP contribution in [0.5, 0.6) is 0 Å². The third-order valence-electron chi connectivity index (χ3n) is 4.62. The molecular formula is C23H16F3N3O2S. The Kier molecular flexibility index (Phi) is 6.27. The standard InChI is InChI=1S/C23H16F3N3O2S/c24-15-7-5-14(6-8-15)12-29-22(31)17-3-1-2-4-20(17)28-23(29)32-13-21(30)27-16-9-10-18(25)19(26)11-16/h1-11H,12-13H2,(H,27,30). The maximum Gasteiger partial charge on any atom is 0.262 e. The van der Waals surface area contributed by atoms with Gasteiger partial charge in [0.05, 0.1) is 23.2 Å². The van der Waals surface area contributed by atoms with Gasteiger partial charge in [0.15, 0.2) is 16.8 Å². The molecule has 0 unspecified atom stereocenters. The average molecular weight is 455 g/mol. The number of carbonyl (C=O) groups is 1. The Morgan fingerprint density at radius 3 is 2.47 bits per heavy atom. The van der Waals surface area contributed by atoms with Crippen molar-refractivity contribution in [1.29, 1.82) is 0 Å². The first-order valence-electron chi connectivity index (χ1n) is 9.52. The molecular weight excluding hydrogens is 439 g/mol. The minimum absolute atomic E-state index is 0.115. The summed E-state index contributed by atoms with van der Waals surface area (Å²) in [7, 11) is 0. The zero-order chi connectivity index (χ0) is 22.7. The van der Waals surface area contributed by atoms with Gasteiger partial charge in [-0.15, -0.1) is 0 Å². The number of halogens is 3. The van der Waals surface area contributed by atoms with Gasteiger partial charge in [-0.05, 0) is 42.0 Å². The summed E-state index contributed by atoms with van der Waals surface area (Å²) in [6.45, 7) is 0.143. The summed E-state index contributed by atoms with van der Waals surface area (Å²) in [6, 6.07) is 15.6. The van der Waals surface area contributed by atoms with Crippen molar-refractivity contribution in [2.45, 2.75) is 11.7 Å². The Morgan fingerprint density at radius 2 is 1.72 bits per heavy atom. The molecule has 9 heteroatoms. The maximum atomic E-state index is 13.4. The molecule has 0 aliphatic carbocycles. The monoisotopic (exact) mass is 455 g/mol. The number of anilines is 1. The van der Waals surface area contributed by atoms with Gasteiger partial charge in [0, 0.05) is 11.8 Å². The molecule has 0 aliphatic heterocycles. The summed E-state index contributed by atoms with van der Waals surface area (Å²) in [6.07, 6.45) is 0. The van der Waals surface area contributed by atoms with E-state index >= 15 is 0 Å². The number of nitrogens with one attached hydrogen (secondary N) is 1. The Labute approximate surface area is 184 Å². The van der Waals surface area contributed by atoms with E-state index in [9.17, 15) is 22.8 Å². The summed E-state index contributed by atoms with van der Waals surface area (Å²) in [5, 5.41) is 3.21. The van der Waals surface area contributed by atoms with Gasteiger partial charge in [0.25, 0.3) is 5.56 Å². The van der Waals surface area contributed by atoms with Crippen LogP contribution >= 0.6 is 11.8 Å². The topological polar surface area (TPSA) is 64.0 Å². The van der Waals surface area contributed by atoms with Gasteiger partial charge in [-0.3, -0.25) is 14.2 Å². The van der Waals surface area contributed by atoms with Crippen LogP contribution in [0.4, 0.5) is 18.9 Å². The van der Waals surface area contributed by atoms with Crippen molar-refractivity contribution >= 4 is 34.3 Å². The molecule has 0 bridgehead atoms. The number of rotatable bonds is 6. The summed E-state index contributed by atoms with van der Waals surface area (Å²) in [5.74, 6) is -3.06. The number of hydrogen-bond donors (Lipinski definition) is 1. The van der Waals surface area contributed by atoms with Crippen LogP contribution in [0.25, 0.3) is 10.9 Å². The van der Waals surface area contributed by atoms with Gasteiger partial charge in [0.1, 0.15) is 5.82 Å². The Balaban J connectivity index is 1.60. The van der Waals surface area contributed by atoms with Crippen molar-refractivity contribution in [1.82, 2.24) is 9.55 Å². The van der Waals surface area contributed by atoms with Crippen LogP contribution in [0, 0.1) is 17.5 Å². The average Bonchev–Trinajstić information content (AvgIpc) is 2.78. The molecule has 32 heavy (non-hydrogen) atoms. The zero-order valence-electron chi connectivity index (χ0n) is 16.5. The highest BCUT2D eigenvalue weighted by atomic mass is 32.2. The molecule has 162 valence electrons. The molecule has 4 aromatic rings. The molecule has 1 aromatic heterocycles. The highest BCUT2D eigenvalue weighted by molar-refractivity contribution is 7.99. The molecule has 0 saturated carbocycles. The van der Waals surface area contributed by atoms with E-state index in [1.54, 1.807) is 36.4 Å². The quantitative estimate of drug-likeness (QED) is 0.341. The second-order valence-corrected chi connectivity index (χ2v) is 7.84. The van der Waals surface area contributed by atoms with Crippen LogP contribution in [0.3, 0.4) is 0 Å². The predicted molar refractivity (Wildman–Crippen MR) is 117 cm³/mol. The van der Waals surface area contributed by atoms with E-state index in [0.29, 0.717) is 21.6 Å². The SMILES string of the molecule is O=C(CSc1nc2ccccc2c(=O)n1Cc1ccc(F)cc1)Nc1ccc(F)c(F)c1. The predicted octanol–water partition coefficient (Wildman–Crippen LogP) is 4.59. The van der Waals surface area contributed by atoms with Crippen LogP contribution in [-0.2, 0) is 11.3 Å². The molecule has 0 atom stereocenters. The molecule has 1 heterocycles. The fourth-order valence-electron chi connectivity index (χ4n) is 3.07. The molecule has 0 radical (unpaired) electrons. The lowest BCUT2D eigenvalue weighted by molar-refractivity contribution is -0.113. The number of para-hydroxylation sites is 1. The molecule has 5 nitrogen and oxygen atoms in total. The lowest BCUT2D eigenvalue weighted by Crippen LogP contribution is -2.25. The molecule has 3 aromatic carbocycles. The maximum absolute atomic E-state index is 13.4. The third-order valence-corrected chi connectivity index (χ3v) is 5.59. The highest BCUT2D eigenvalue weighted by Gasteiger charge is 2.14. The largest absolute Gasteiger partial charge is 0.325 e. The van der Waals surface area contributed by atoms with E-state index in [-0.39, 0.29) is 29.4 Å². The smallest absolute Gasteiger partial charge is 0.262 e. The second kappa shape index (κ2) is 9.27. The van der Waals surface area contributed by atoms with Gasteiger partial charge < -0.3 is 5.32 Å². The molecule has 0 saturated heterocycles. The number of nitrogens with zero attached hydrogens (tertiary/aromatic N) is 2. The van der Waals surface area contributed by atoms with Gasteiger partial charge in [-0.2, -0.15) is 0 Å². The van der Waals surface area contributed by atoms with Gasteiger partial charge in [-0.1, -0.05) is 36.0 Å². The summed E-state index contributed by atoms with van der Waals surface area (Å²) < 4.78 is 41.1. The van der Waals surface area contributed by atoms with E-state index < -0.39 is 17.5 Å². The number of thioether (sulfide) groups is 1. The van der Waals surface area contributed by atoms with Crippen LogP contribution in [0.2, 0.25) is 0 Å². The van der Waals surface area contributed by atoms with E-state index in [1.165, 1.54) is 22.8 Å². The molecule has 4 rings (SSSR count). The molecule has 0 aliphatic rings. The lowest BCUT2D eigenvalue weighted by atomic mass is 10.2. The minimum Gasteiger partial charge on any atom is -0.325 e. The van der Waals surface area contributed by atoms with E-state index in [2.05, 4.69) is 10.3 Å². The number of benzene rings is 3. The molecule has 1 amide bonds. The molecule has 0 spiro atoms. The van der Waals surface area contributed by atoms with Crippen molar-refractivity contribution in [2.75, 3.05) is 11.1 Å². The second-order valence-electron chi connectivity index (χ2n) is 6.90. The number of fused-ring (bicyclic) bond motifs is 1. The number of aromatic nitrogens is 2. The van der Waals surface area contributed by atoms with Gasteiger partial charge in [-0.25, -0.2) is 18.2 Å². The Hall–Kier alpha value is -3.59. The van der Waals surface area contributed by atoms with Gasteiger partial charge in [0.2, 0.25) is 5.91 Å². The summed E-state index contributed by atoms with van der Waals surface area (Å²) in [5.41, 5.74) is 1.00. The van der Waals surface area contributed by atoms with E-state index in [4.69, 9.17) is 0 Å². The van der Waals surface area contributed by atoms with Crippen LogP contribution in [-0.4, -0.2) is 21.2 Å². The number of amides is 1. The first-order valence-corrected chi connectivity index (χ1v) is 10.5. The summed E-state index contributed by atoms with van der Waals surface area (Å²) >= 11 is 1.03. The third kappa shape index (κ3) is 4.83. The molecule has 0 fully saturated rings. The number of carbonyl (C=O) groups excluding carboxylic acids is 1. The summed E-state index contributed by atoms with van der Waals surface area (Å²) in [4.78, 5) is 29.9. The van der Waals surface area contributed by atoms with Crippen molar-refractivity contribution in [3.8, 4) is 0 Å². The fraction of sp³-hybridized carbons (Fsp3) is 0.0870. The zero-order valence-corrected chi connectivity index (χ0v) is 17.3. The van der Waals surface area contributed by atoms with Crippen molar-refractivity contribution in [3.63, 3.8) is 0 Å². The van der Waals surface area contributed by atoms with Crippen molar-refractivity contribution in [3.05, 3.63) is 100 Å². The Morgan fingerprint density at radius 1 is 0.969 bits per heavy atom. The Bertz CT molecular complexity index is 1360. The van der Waals surface area contributed by atoms with Crippen molar-refractivity contribution in [2.24, 2.45) is 0 Å². The molecule has 1 N–H and O–H groups in total. The van der Waals surface area contributed by atoms with Crippen LogP contribution < -0.4 is 10.9 Å². The number of hydrogen-bond acceptors (Lipinski definition) is 4. The normalized spacial score (nSPS) is 11.0. The van der Waals surface area contributed by atoms with E-state index in [1.807, 2.05) is 0 Å². The van der Waals surface area contributed by atoms with Crippen LogP contribution in [0.1, 0.15) is 5.56 Å². The lowest BCUT2D eigenvalue weighted by Gasteiger charge is -2.13. The van der Waals surface area contributed by atoms with Crippen molar-refractivity contribution < 1.29 is 18.0 Å². The van der Waals surface area contributed by atoms with Gasteiger partial charge >= 0.3 is 0 Å². The first-order chi connectivity index (χ1) is 15.4. The fourth-order valence-corrected chi connectivity index (χ4v) is 3.87. The van der Waals surface area contributed by atoms with E-state index in [0.717, 1.165) is 23.9 Å². The van der Waals surface area contributed by atoms with Crippen LogP contribution in [0.15, 0.2) is 76.7 Å². The first kappa shape index (κ1) is 21.6. The minimum atomic E-state index is -1.07.